The molecule has 1 aliphatic heterocycles. The normalized spacial score (nSPS) is 14.7. The van der Waals surface area contributed by atoms with Gasteiger partial charge < -0.3 is 20.1 Å². The minimum absolute atomic E-state index is 0.0231. The highest BCUT2D eigenvalue weighted by Crippen LogP contribution is 2.44. The van der Waals surface area contributed by atoms with Crippen molar-refractivity contribution in [3.8, 4) is 0 Å². The van der Waals surface area contributed by atoms with Crippen LogP contribution in [0.5, 0.6) is 0 Å². The van der Waals surface area contributed by atoms with Crippen molar-refractivity contribution in [1.29, 1.82) is 0 Å². The number of allylic oxidation sites excluding steroid dienone is 2. The van der Waals surface area contributed by atoms with Crippen LogP contribution in [0.25, 0.3) is 0 Å². The van der Waals surface area contributed by atoms with E-state index in [1.54, 1.807) is 55.5 Å². The van der Waals surface area contributed by atoms with Crippen LogP contribution in [0.2, 0.25) is 0 Å². The first kappa shape index (κ1) is 34.7. The molecule has 246 valence electrons. The Morgan fingerprint density at radius 2 is 1.36 bits per heavy atom. The van der Waals surface area contributed by atoms with Crippen LogP contribution in [-0.4, -0.2) is 43.4 Å². The molecule has 47 heavy (non-hydrogen) atoms. The molecule has 1 amide bonds. The number of ketones is 1. The molecule has 0 saturated heterocycles. The average Bonchev–Trinajstić information content (AvgIpc) is 3.05. The maximum atomic E-state index is 14.1. The standard InChI is InChI=1S/C36H35F3N2O6/c1-4-46-34(44)30-22(2)41-23(3)31(32(30)27-12-8-9-13-28(27)36(37,38)39)35(45)47-21-20-40-29(42)19-16-24-14-17-26(18-15-24)33(43)25-10-6-5-7-11-25/h5-15,17-18,32,41H,4,16,19-21H2,1-3H3,(H,40,42)/t32-/m1/s1. The van der Waals surface area contributed by atoms with E-state index in [0.717, 1.165) is 11.6 Å². The highest BCUT2D eigenvalue weighted by Gasteiger charge is 2.43. The number of hydrogen-bond donors (Lipinski definition) is 2. The van der Waals surface area contributed by atoms with Crippen molar-refractivity contribution in [2.45, 2.75) is 45.7 Å². The van der Waals surface area contributed by atoms with Gasteiger partial charge in [0.05, 0.1) is 35.8 Å². The number of nitrogens with one attached hydrogen (secondary N) is 2. The Hall–Kier alpha value is -5.19. The van der Waals surface area contributed by atoms with Gasteiger partial charge in [-0.3, -0.25) is 9.59 Å². The second-order valence-electron chi connectivity index (χ2n) is 10.8. The van der Waals surface area contributed by atoms with Crippen molar-refractivity contribution >= 4 is 23.6 Å². The summed E-state index contributed by atoms with van der Waals surface area (Å²) in [5, 5.41) is 5.57. The Morgan fingerprint density at radius 3 is 1.98 bits per heavy atom. The Balaban J connectivity index is 1.38. The first-order valence-corrected chi connectivity index (χ1v) is 15.1. The molecule has 11 heteroatoms. The van der Waals surface area contributed by atoms with E-state index in [4.69, 9.17) is 9.47 Å². The zero-order valence-corrected chi connectivity index (χ0v) is 26.2. The molecule has 3 aromatic rings. The molecule has 0 aliphatic carbocycles. The van der Waals surface area contributed by atoms with Crippen LogP contribution >= 0.6 is 0 Å². The molecule has 1 atom stereocenters. The van der Waals surface area contributed by atoms with E-state index in [-0.39, 0.29) is 66.0 Å². The third kappa shape index (κ3) is 8.55. The summed E-state index contributed by atoms with van der Waals surface area (Å²) < 4.78 is 52.8. The molecule has 0 fully saturated rings. The van der Waals surface area contributed by atoms with Gasteiger partial charge in [0, 0.05) is 28.9 Å². The van der Waals surface area contributed by atoms with Crippen LogP contribution in [0.15, 0.2) is 101 Å². The van der Waals surface area contributed by atoms with Crippen LogP contribution in [0, 0.1) is 0 Å². The Bertz CT molecular complexity index is 1700. The molecule has 4 rings (SSSR count). The summed E-state index contributed by atoms with van der Waals surface area (Å²) in [6.07, 6.45) is -4.22. The minimum Gasteiger partial charge on any atom is -0.463 e. The van der Waals surface area contributed by atoms with Gasteiger partial charge in [0.25, 0.3) is 0 Å². The van der Waals surface area contributed by atoms with Crippen LogP contribution in [0.4, 0.5) is 13.2 Å². The summed E-state index contributed by atoms with van der Waals surface area (Å²) in [4.78, 5) is 51.5. The summed E-state index contributed by atoms with van der Waals surface area (Å²) in [6, 6.07) is 20.6. The fourth-order valence-electron chi connectivity index (χ4n) is 5.40. The van der Waals surface area contributed by atoms with E-state index in [9.17, 15) is 32.3 Å². The lowest BCUT2D eigenvalue weighted by Gasteiger charge is -2.31. The van der Waals surface area contributed by atoms with E-state index in [2.05, 4.69) is 10.6 Å². The number of benzene rings is 3. The molecule has 0 unspecified atom stereocenters. The van der Waals surface area contributed by atoms with Gasteiger partial charge in [-0.05, 0) is 44.4 Å². The number of carbonyl (C=O) groups is 4. The maximum absolute atomic E-state index is 14.1. The molecule has 2 N–H and O–H groups in total. The van der Waals surface area contributed by atoms with E-state index in [1.165, 1.54) is 32.0 Å². The third-order valence-electron chi connectivity index (χ3n) is 7.60. The monoisotopic (exact) mass is 648 g/mol. The molecular formula is C36H35F3N2O6. The third-order valence-corrected chi connectivity index (χ3v) is 7.60. The van der Waals surface area contributed by atoms with Crippen molar-refractivity contribution in [2.75, 3.05) is 19.8 Å². The van der Waals surface area contributed by atoms with Gasteiger partial charge in [0.15, 0.2) is 5.78 Å². The van der Waals surface area contributed by atoms with Gasteiger partial charge in [-0.25, -0.2) is 9.59 Å². The van der Waals surface area contributed by atoms with Crippen LogP contribution in [0.3, 0.4) is 0 Å². The number of dihydropyridines is 1. The number of ether oxygens (including phenoxy) is 2. The van der Waals surface area contributed by atoms with Gasteiger partial charge in [0.2, 0.25) is 5.91 Å². The van der Waals surface area contributed by atoms with Gasteiger partial charge >= 0.3 is 18.1 Å². The van der Waals surface area contributed by atoms with Crippen LogP contribution < -0.4 is 10.6 Å². The largest absolute Gasteiger partial charge is 0.463 e. The number of amides is 1. The maximum Gasteiger partial charge on any atom is 0.416 e. The minimum atomic E-state index is -4.76. The predicted octanol–water partition coefficient (Wildman–Crippen LogP) is 6.03. The SMILES string of the molecule is CCOC(=O)C1=C(C)NC(C)=C(C(=O)OCCNC(=O)CCc2ccc(C(=O)c3ccccc3)cc2)[C@@H]1c1ccccc1C(F)(F)F. The first-order valence-electron chi connectivity index (χ1n) is 15.1. The molecule has 1 aliphatic rings. The second-order valence-corrected chi connectivity index (χ2v) is 10.8. The molecule has 8 nitrogen and oxygen atoms in total. The molecule has 3 aromatic carbocycles. The van der Waals surface area contributed by atoms with Gasteiger partial charge in [-0.2, -0.15) is 13.2 Å². The second kappa shape index (κ2) is 15.4. The van der Waals surface area contributed by atoms with E-state index in [0.29, 0.717) is 17.5 Å². The summed E-state index contributed by atoms with van der Waals surface area (Å²) in [5.41, 5.74) is 0.864. The topological polar surface area (TPSA) is 111 Å². The Morgan fingerprint density at radius 1 is 0.787 bits per heavy atom. The van der Waals surface area contributed by atoms with Crippen molar-refractivity contribution in [3.05, 3.63) is 129 Å². The lowest BCUT2D eigenvalue weighted by Crippen LogP contribution is -2.34. The number of rotatable bonds is 12. The van der Waals surface area contributed by atoms with Gasteiger partial charge in [-0.1, -0.05) is 72.8 Å². The molecule has 0 bridgehead atoms. The summed E-state index contributed by atoms with van der Waals surface area (Å²) in [7, 11) is 0. The smallest absolute Gasteiger partial charge is 0.416 e. The number of halogens is 3. The zero-order valence-electron chi connectivity index (χ0n) is 26.2. The van der Waals surface area contributed by atoms with Crippen molar-refractivity contribution < 1.29 is 41.8 Å². The van der Waals surface area contributed by atoms with E-state index >= 15 is 0 Å². The summed E-state index contributed by atoms with van der Waals surface area (Å²) >= 11 is 0. The molecule has 0 saturated carbocycles. The Kier molecular flexibility index (Phi) is 11.4. The van der Waals surface area contributed by atoms with Crippen molar-refractivity contribution in [3.63, 3.8) is 0 Å². The number of carbonyl (C=O) groups excluding carboxylic acids is 4. The first-order chi connectivity index (χ1) is 22.4. The quantitative estimate of drug-likeness (QED) is 0.140. The number of hydrogen-bond acceptors (Lipinski definition) is 7. The summed E-state index contributed by atoms with van der Waals surface area (Å²) in [6.45, 7) is 4.27. The summed E-state index contributed by atoms with van der Waals surface area (Å²) in [5.74, 6) is -3.61. The highest BCUT2D eigenvalue weighted by molar-refractivity contribution is 6.09. The fraction of sp³-hybridized carbons (Fsp3) is 0.278. The fourth-order valence-corrected chi connectivity index (χ4v) is 5.40. The molecular weight excluding hydrogens is 613 g/mol. The predicted molar refractivity (Wildman–Crippen MR) is 168 cm³/mol. The Labute approximate surface area is 270 Å². The molecule has 0 aromatic heterocycles. The molecule has 0 radical (unpaired) electrons. The lowest BCUT2D eigenvalue weighted by atomic mass is 9.78. The molecule has 0 spiro atoms. The van der Waals surface area contributed by atoms with Crippen molar-refractivity contribution in [2.24, 2.45) is 0 Å². The van der Waals surface area contributed by atoms with Gasteiger partial charge in [-0.15, -0.1) is 0 Å². The average molecular weight is 649 g/mol. The highest BCUT2D eigenvalue weighted by atomic mass is 19.4. The van der Waals surface area contributed by atoms with Crippen LogP contribution in [0.1, 0.15) is 65.7 Å². The van der Waals surface area contributed by atoms with E-state index in [1.807, 2.05) is 6.07 Å². The van der Waals surface area contributed by atoms with Gasteiger partial charge in [0.1, 0.15) is 6.61 Å². The molecule has 1 heterocycles. The number of aryl methyl sites for hydroxylation is 1. The lowest BCUT2D eigenvalue weighted by molar-refractivity contribution is -0.142. The van der Waals surface area contributed by atoms with E-state index < -0.39 is 29.6 Å². The number of esters is 2. The van der Waals surface area contributed by atoms with Crippen molar-refractivity contribution in [1.82, 2.24) is 10.6 Å². The zero-order chi connectivity index (χ0) is 34.1. The number of alkyl halides is 3. The van der Waals surface area contributed by atoms with Crippen LogP contribution in [-0.2, 0) is 36.5 Å².